The molecule has 25 heavy (non-hydrogen) atoms. The van der Waals surface area contributed by atoms with Crippen molar-refractivity contribution < 1.29 is 4.79 Å². The fourth-order valence-corrected chi connectivity index (χ4v) is 3.21. The van der Waals surface area contributed by atoms with Crippen LogP contribution in [-0.4, -0.2) is 51.6 Å². The zero-order chi connectivity index (χ0) is 17.4. The molecule has 0 aliphatic carbocycles. The van der Waals surface area contributed by atoms with Gasteiger partial charge in [0.2, 0.25) is 5.95 Å². The molecule has 6 heteroatoms. The number of piperazine rings is 1. The van der Waals surface area contributed by atoms with Crippen molar-refractivity contribution in [1.82, 2.24) is 19.5 Å². The Balaban J connectivity index is 1.47. The van der Waals surface area contributed by atoms with Gasteiger partial charge in [-0.1, -0.05) is 12.1 Å². The highest BCUT2D eigenvalue weighted by Crippen LogP contribution is 2.17. The average molecular weight is 335 g/mol. The molecule has 2 aromatic heterocycles. The van der Waals surface area contributed by atoms with E-state index in [0.717, 1.165) is 35.8 Å². The fraction of sp³-hybridized carbons (Fsp3) is 0.316. The van der Waals surface area contributed by atoms with E-state index in [-0.39, 0.29) is 5.91 Å². The van der Waals surface area contributed by atoms with Crippen molar-refractivity contribution in [1.29, 1.82) is 0 Å². The SMILES string of the molecule is Cc1ccc(C(=O)N2CCN(c3nnc4ccccn34)CC2)cc1C. The summed E-state index contributed by atoms with van der Waals surface area (Å²) < 4.78 is 1.99. The number of aryl methyl sites for hydroxylation is 2. The molecule has 0 radical (unpaired) electrons. The zero-order valence-electron chi connectivity index (χ0n) is 14.5. The van der Waals surface area contributed by atoms with Crippen molar-refractivity contribution in [3.8, 4) is 0 Å². The molecule has 1 aromatic carbocycles. The number of aromatic nitrogens is 3. The van der Waals surface area contributed by atoms with E-state index in [1.54, 1.807) is 0 Å². The Kier molecular flexibility index (Phi) is 3.87. The topological polar surface area (TPSA) is 53.7 Å². The molecule has 3 heterocycles. The quantitative estimate of drug-likeness (QED) is 0.721. The van der Waals surface area contributed by atoms with E-state index in [0.29, 0.717) is 13.1 Å². The molecule has 1 fully saturated rings. The Labute approximate surface area is 146 Å². The van der Waals surface area contributed by atoms with Crippen molar-refractivity contribution in [3.05, 3.63) is 59.3 Å². The summed E-state index contributed by atoms with van der Waals surface area (Å²) in [6.07, 6.45) is 1.97. The lowest BCUT2D eigenvalue weighted by atomic mass is 10.1. The molecule has 0 bridgehead atoms. The van der Waals surface area contributed by atoms with Gasteiger partial charge in [-0.25, -0.2) is 0 Å². The van der Waals surface area contributed by atoms with Gasteiger partial charge in [-0.2, -0.15) is 0 Å². The van der Waals surface area contributed by atoms with Gasteiger partial charge in [0.15, 0.2) is 5.65 Å². The van der Waals surface area contributed by atoms with E-state index >= 15 is 0 Å². The summed E-state index contributed by atoms with van der Waals surface area (Å²) in [5.74, 6) is 0.947. The molecule has 1 aliphatic heterocycles. The molecule has 0 unspecified atom stereocenters. The second-order valence-corrected chi connectivity index (χ2v) is 6.51. The first kappa shape index (κ1) is 15.6. The number of benzene rings is 1. The Hall–Kier alpha value is -2.89. The minimum atomic E-state index is 0.105. The highest BCUT2D eigenvalue weighted by atomic mass is 16.2. The van der Waals surface area contributed by atoms with Crippen LogP contribution in [0.4, 0.5) is 5.95 Å². The van der Waals surface area contributed by atoms with Gasteiger partial charge < -0.3 is 9.80 Å². The lowest BCUT2D eigenvalue weighted by molar-refractivity contribution is 0.0746. The Morgan fingerprint density at radius 1 is 0.960 bits per heavy atom. The number of nitrogens with zero attached hydrogens (tertiary/aromatic N) is 5. The van der Waals surface area contributed by atoms with Crippen molar-refractivity contribution in [3.63, 3.8) is 0 Å². The minimum absolute atomic E-state index is 0.105. The van der Waals surface area contributed by atoms with Gasteiger partial charge in [0.25, 0.3) is 5.91 Å². The molecule has 128 valence electrons. The van der Waals surface area contributed by atoms with Crippen LogP contribution in [0.2, 0.25) is 0 Å². The van der Waals surface area contributed by atoms with E-state index in [9.17, 15) is 4.79 Å². The number of carbonyl (C=O) groups excluding carboxylic acids is 1. The predicted octanol–water partition coefficient (Wildman–Crippen LogP) is 2.31. The number of anilines is 1. The van der Waals surface area contributed by atoms with Gasteiger partial charge in [-0.3, -0.25) is 9.20 Å². The van der Waals surface area contributed by atoms with Crippen LogP contribution in [0.3, 0.4) is 0 Å². The Morgan fingerprint density at radius 2 is 1.76 bits per heavy atom. The third kappa shape index (κ3) is 2.84. The van der Waals surface area contributed by atoms with Crippen molar-refractivity contribution in [2.45, 2.75) is 13.8 Å². The molecule has 6 nitrogen and oxygen atoms in total. The maximum Gasteiger partial charge on any atom is 0.253 e. The summed E-state index contributed by atoms with van der Waals surface area (Å²) in [6.45, 7) is 6.99. The summed E-state index contributed by atoms with van der Waals surface area (Å²) in [6, 6.07) is 11.8. The molecule has 1 aliphatic rings. The lowest BCUT2D eigenvalue weighted by Crippen LogP contribution is -2.49. The summed E-state index contributed by atoms with van der Waals surface area (Å²) in [4.78, 5) is 16.8. The first-order chi connectivity index (χ1) is 12.1. The first-order valence-electron chi connectivity index (χ1n) is 8.55. The highest BCUT2D eigenvalue weighted by Gasteiger charge is 2.24. The predicted molar refractivity (Wildman–Crippen MR) is 97.0 cm³/mol. The molecule has 0 atom stereocenters. The average Bonchev–Trinajstić information content (AvgIpc) is 3.08. The van der Waals surface area contributed by atoms with Crippen molar-refractivity contribution >= 4 is 17.5 Å². The summed E-state index contributed by atoms with van der Waals surface area (Å²) in [5.41, 5.74) is 3.97. The standard InChI is InChI=1S/C19H21N5O/c1-14-6-7-16(13-15(14)2)18(25)22-9-11-23(12-10-22)19-21-20-17-5-3-4-8-24(17)19/h3-8,13H,9-12H2,1-2H3. The van der Waals surface area contributed by atoms with Crippen LogP contribution in [0, 0.1) is 13.8 Å². The molecule has 1 saturated heterocycles. The second-order valence-electron chi connectivity index (χ2n) is 6.51. The van der Waals surface area contributed by atoms with E-state index < -0.39 is 0 Å². The maximum absolute atomic E-state index is 12.7. The van der Waals surface area contributed by atoms with Crippen LogP contribution in [-0.2, 0) is 0 Å². The summed E-state index contributed by atoms with van der Waals surface area (Å²) >= 11 is 0. The van der Waals surface area contributed by atoms with Gasteiger partial charge in [-0.05, 0) is 49.2 Å². The maximum atomic E-state index is 12.7. The van der Waals surface area contributed by atoms with Crippen molar-refractivity contribution in [2.75, 3.05) is 31.1 Å². The molecule has 0 N–H and O–H groups in total. The number of carbonyl (C=O) groups is 1. The highest BCUT2D eigenvalue weighted by molar-refractivity contribution is 5.94. The van der Waals surface area contributed by atoms with Crippen LogP contribution < -0.4 is 4.90 Å². The number of hydrogen-bond acceptors (Lipinski definition) is 4. The van der Waals surface area contributed by atoms with Gasteiger partial charge in [-0.15, -0.1) is 10.2 Å². The number of pyridine rings is 1. The monoisotopic (exact) mass is 335 g/mol. The molecular weight excluding hydrogens is 314 g/mol. The van der Waals surface area contributed by atoms with Crippen LogP contribution >= 0.6 is 0 Å². The Bertz CT molecular complexity index is 924. The van der Waals surface area contributed by atoms with Crippen LogP contribution in [0.25, 0.3) is 5.65 Å². The molecule has 0 spiro atoms. The van der Waals surface area contributed by atoms with Crippen molar-refractivity contribution in [2.24, 2.45) is 0 Å². The summed E-state index contributed by atoms with van der Waals surface area (Å²) in [5, 5.41) is 8.51. The molecule has 4 rings (SSSR count). The molecular formula is C19H21N5O. The van der Waals surface area contributed by atoms with E-state index in [4.69, 9.17) is 0 Å². The molecule has 1 amide bonds. The van der Waals surface area contributed by atoms with E-state index in [1.165, 1.54) is 5.56 Å². The van der Waals surface area contributed by atoms with Gasteiger partial charge in [0.1, 0.15) is 0 Å². The van der Waals surface area contributed by atoms with Gasteiger partial charge in [0, 0.05) is 37.9 Å². The lowest BCUT2D eigenvalue weighted by Gasteiger charge is -2.34. The number of rotatable bonds is 2. The van der Waals surface area contributed by atoms with E-state index in [2.05, 4.69) is 22.0 Å². The van der Waals surface area contributed by atoms with Gasteiger partial charge >= 0.3 is 0 Å². The Morgan fingerprint density at radius 3 is 2.52 bits per heavy atom. The smallest absolute Gasteiger partial charge is 0.253 e. The number of fused-ring (bicyclic) bond motifs is 1. The second kappa shape index (κ2) is 6.20. The normalized spacial score (nSPS) is 15.0. The van der Waals surface area contributed by atoms with Crippen LogP contribution in [0.1, 0.15) is 21.5 Å². The third-order valence-electron chi connectivity index (χ3n) is 4.90. The van der Waals surface area contributed by atoms with Crippen LogP contribution in [0.15, 0.2) is 42.6 Å². The minimum Gasteiger partial charge on any atom is -0.337 e. The fourth-order valence-electron chi connectivity index (χ4n) is 3.21. The summed E-state index contributed by atoms with van der Waals surface area (Å²) in [7, 11) is 0. The number of hydrogen-bond donors (Lipinski definition) is 0. The zero-order valence-corrected chi connectivity index (χ0v) is 14.5. The van der Waals surface area contributed by atoms with Crippen LogP contribution in [0.5, 0.6) is 0 Å². The third-order valence-corrected chi connectivity index (χ3v) is 4.90. The first-order valence-corrected chi connectivity index (χ1v) is 8.55. The largest absolute Gasteiger partial charge is 0.337 e. The van der Waals surface area contributed by atoms with Gasteiger partial charge in [0.05, 0.1) is 0 Å². The van der Waals surface area contributed by atoms with E-state index in [1.807, 2.05) is 58.8 Å². The number of amides is 1. The molecule has 3 aromatic rings. The molecule has 0 saturated carbocycles.